The maximum Gasteiger partial charge on any atom is 0.333 e. The van der Waals surface area contributed by atoms with Crippen molar-refractivity contribution in [3.63, 3.8) is 0 Å². The SMILES string of the molecule is O=c1[nH]c2cc(-c3cccc4c3CCC4)sc2c(=O)n1-c1cncc2ccccc12. The second-order valence-electron chi connectivity index (χ2n) is 7.60. The van der Waals surface area contributed by atoms with E-state index in [-0.39, 0.29) is 5.56 Å². The first kappa shape index (κ1) is 17.4. The van der Waals surface area contributed by atoms with Crippen LogP contribution in [-0.2, 0) is 12.8 Å². The van der Waals surface area contributed by atoms with Gasteiger partial charge in [-0.15, -0.1) is 11.3 Å². The van der Waals surface area contributed by atoms with Crippen LogP contribution in [0.1, 0.15) is 17.5 Å². The van der Waals surface area contributed by atoms with E-state index in [0.717, 1.165) is 34.9 Å². The number of aromatic amines is 1. The molecule has 6 rings (SSSR count). The molecular formula is C24H17N3O2S. The van der Waals surface area contributed by atoms with E-state index in [2.05, 4.69) is 28.2 Å². The summed E-state index contributed by atoms with van der Waals surface area (Å²) in [6.07, 6.45) is 6.63. The fourth-order valence-electron chi connectivity index (χ4n) is 4.49. The van der Waals surface area contributed by atoms with Crippen LogP contribution in [0.2, 0.25) is 0 Å². The molecule has 0 radical (unpaired) electrons. The molecule has 1 N–H and O–H groups in total. The highest BCUT2D eigenvalue weighted by atomic mass is 32.1. The Hall–Kier alpha value is -3.51. The van der Waals surface area contributed by atoms with E-state index in [4.69, 9.17) is 0 Å². The largest absolute Gasteiger partial charge is 0.333 e. The number of fused-ring (bicyclic) bond motifs is 3. The molecule has 0 aliphatic heterocycles. The van der Waals surface area contributed by atoms with Crippen molar-refractivity contribution in [1.29, 1.82) is 0 Å². The number of thiophene rings is 1. The second kappa shape index (κ2) is 6.50. The highest BCUT2D eigenvalue weighted by Gasteiger charge is 2.19. The molecule has 1 aliphatic rings. The van der Waals surface area contributed by atoms with Crippen molar-refractivity contribution >= 4 is 32.3 Å². The molecule has 0 spiro atoms. The highest BCUT2D eigenvalue weighted by Crippen LogP contribution is 2.37. The number of nitrogens with one attached hydrogen (secondary N) is 1. The standard InChI is InChI=1S/C24H17N3O2S/c28-23-22-19(11-21(30-22)18-10-4-7-14-6-3-9-16(14)18)26-24(29)27(23)20-13-25-12-15-5-1-2-8-17(15)20/h1-2,4-5,7-8,10-13H,3,6,9H2,(H,26,29). The average Bonchev–Trinajstić information content (AvgIpc) is 3.41. The summed E-state index contributed by atoms with van der Waals surface area (Å²) < 4.78 is 1.75. The van der Waals surface area contributed by atoms with Gasteiger partial charge in [-0.25, -0.2) is 9.36 Å². The van der Waals surface area contributed by atoms with Crippen molar-refractivity contribution in [2.24, 2.45) is 0 Å². The number of aromatic nitrogens is 3. The number of nitrogens with zero attached hydrogens (tertiary/aromatic N) is 2. The lowest BCUT2D eigenvalue weighted by Gasteiger charge is -2.07. The molecule has 146 valence electrons. The van der Waals surface area contributed by atoms with Gasteiger partial charge in [-0.2, -0.15) is 0 Å². The molecule has 3 aromatic heterocycles. The van der Waals surface area contributed by atoms with Gasteiger partial charge >= 0.3 is 5.69 Å². The van der Waals surface area contributed by atoms with Crippen molar-refractivity contribution in [2.75, 3.05) is 0 Å². The normalized spacial score (nSPS) is 13.2. The minimum Gasteiger partial charge on any atom is -0.306 e. The first-order valence-electron chi connectivity index (χ1n) is 9.94. The number of pyridine rings is 1. The maximum absolute atomic E-state index is 13.4. The number of hydrogen-bond acceptors (Lipinski definition) is 4. The van der Waals surface area contributed by atoms with Crippen molar-refractivity contribution < 1.29 is 0 Å². The number of aryl methyl sites for hydroxylation is 1. The Bertz CT molecular complexity index is 1570. The predicted molar refractivity (Wildman–Crippen MR) is 121 cm³/mol. The summed E-state index contributed by atoms with van der Waals surface area (Å²) in [6, 6.07) is 15.9. The summed E-state index contributed by atoms with van der Waals surface area (Å²) >= 11 is 1.44. The summed E-state index contributed by atoms with van der Waals surface area (Å²) in [4.78, 5) is 34.5. The van der Waals surface area contributed by atoms with Crippen LogP contribution >= 0.6 is 11.3 Å². The molecule has 5 aromatic rings. The van der Waals surface area contributed by atoms with Crippen LogP contribution in [0.25, 0.3) is 37.1 Å². The van der Waals surface area contributed by atoms with Crippen molar-refractivity contribution in [3.8, 4) is 16.1 Å². The minimum atomic E-state index is -0.451. The van der Waals surface area contributed by atoms with E-state index in [1.54, 1.807) is 12.4 Å². The van der Waals surface area contributed by atoms with Gasteiger partial charge in [-0.05, 0) is 42.0 Å². The van der Waals surface area contributed by atoms with E-state index in [1.807, 2.05) is 30.3 Å². The first-order chi connectivity index (χ1) is 14.7. The lowest BCUT2D eigenvalue weighted by atomic mass is 10.0. The number of benzene rings is 2. The number of rotatable bonds is 2. The van der Waals surface area contributed by atoms with E-state index in [1.165, 1.54) is 32.6 Å². The van der Waals surface area contributed by atoms with Crippen LogP contribution in [0.3, 0.4) is 0 Å². The minimum absolute atomic E-state index is 0.310. The van der Waals surface area contributed by atoms with Crippen molar-refractivity contribution in [3.05, 3.63) is 92.9 Å². The molecule has 0 atom stereocenters. The van der Waals surface area contributed by atoms with Gasteiger partial charge in [-0.1, -0.05) is 42.5 Å². The molecule has 0 saturated heterocycles. The number of hydrogen-bond donors (Lipinski definition) is 1. The van der Waals surface area contributed by atoms with Gasteiger partial charge in [0.1, 0.15) is 4.70 Å². The van der Waals surface area contributed by atoms with Gasteiger partial charge in [0.2, 0.25) is 0 Å². The molecule has 2 aromatic carbocycles. The Morgan fingerprint density at radius 3 is 2.83 bits per heavy atom. The summed E-state index contributed by atoms with van der Waals surface area (Å²) in [5.74, 6) is 0. The van der Waals surface area contributed by atoms with E-state index in [9.17, 15) is 9.59 Å². The van der Waals surface area contributed by atoms with E-state index >= 15 is 0 Å². The zero-order valence-corrected chi connectivity index (χ0v) is 16.8. The third kappa shape index (κ3) is 2.50. The van der Waals surface area contributed by atoms with Crippen molar-refractivity contribution in [1.82, 2.24) is 14.5 Å². The monoisotopic (exact) mass is 411 g/mol. The average molecular weight is 411 g/mol. The van der Waals surface area contributed by atoms with Gasteiger partial charge < -0.3 is 4.98 Å². The summed E-state index contributed by atoms with van der Waals surface area (Å²) in [5, 5.41) is 1.70. The maximum atomic E-state index is 13.4. The van der Waals surface area contributed by atoms with E-state index < -0.39 is 5.69 Å². The van der Waals surface area contributed by atoms with Crippen LogP contribution in [0.4, 0.5) is 0 Å². The Kier molecular flexibility index (Phi) is 3.76. The van der Waals surface area contributed by atoms with Crippen LogP contribution in [-0.4, -0.2) is 14.5 Å². The highest BCUT2D eigenvalue weighted by molar-refractivity contribution is 7.22. The third-order valence-electron chi connectivity index (χ3n) is 5.87. The lowest BCUT2D eigenvalue weighted by molar-refractivity contribution is 0.905. The third-order valence-corrected chi connectivity index (χ3v) is 7.03. The Morgan fingerprint density at radius 2 is 1.90 bits per heavy atom. The van der Waals surface area contributed by atoms with Crippen LogP contribution < -0.4 is 11.2 Å². The van der Waals surface area contributed by atoms with Gasteiger partial charge in [-0.3, -0.25) is 9.78 Å². The molecule has 0 fully saturated rings. The molecular weight excluding hydrogens is 394 g/mol. The van der Waals surface area contributed by atoms with Crippen LogP contribution in [0, 0.1) is 0 Å². The summed E-state index contributed by atoms with van der Waals surface area (Å²) in [7, 11) is 0. The fourth-order valence-corrected chi connectivity index (χ4v) is 5.58. The Labute approximate surface area is 175 Å². The molecule has 0 saturated carbocycles. The van der Waals surface area contributed by atoms with Gasteiger partial charge in [0, 0.05) is 21.8 Å². The quantitative estimate of drug-likeness (QED) is 0.467. The fraction of sp³-hybridized carbons (Fsp3) is 0.125. The summed E-state index contributed by atoms with van der Waals surface area (Å²) in [5.41, 5.74) is 4.25. The lowest BCUT2D eigenvalue weighted by Crippen LogP contribution is -2.33. The van der Waals surface area contributed by atoms with Crippen LogP contribution in [0.15, 0.2) is 70.5 Å². The van der Waals surface area contributed by atoms with Gasteiger partial charge in [0.15, 0.2) is 0 Å². The number of H-pyrrole nitrogens is 1. The molecule has 5 nitrogen and oxygen atoms in total. The molecule has 0 unspecified atom stereocenters. The molecule has 1 aliphatic carbocycles. The van der Waals surface area contributed by atoms with Crippen molar-refractivity contribution in [2.45, 2.75) is 19.3 Å². The second-order valence-corrected chi connectivity index (χ2v) is 8.65. The van der Waals surface area contributed by atoms with Gasteiger partial charge in [0.05, 0.1) is 17.4 Å². The molecule has 30 heavy (non-hydrogen) atoms. The molecule has 0 amide bonds. The zero-order chi connectivity index (χ0) is 20.2. The molecule has 3 heterocycles. The van der Waals surface area contributed by atoms with Gasteiger partial charge in [0.25, 0.3) is 5.56 Å². The summed E-state index contributed by atoms with van der Waals surface area (Å²) in [6.45, 7) is 0. The smallest absolute Gasteiger partial charge is 0.306 e. The Morgan fingerprint density at radius 1 is 1.00 bits per heavy atom. The first-order valence-corrected chi connectivity index (χ1v) is 10.8. The van der Waals surface area contributed by atoms with E-state index in [0.29, 0.717) is 15.9 Å². The van der Waals surface area contributed by atoms with Crippen LogP contribution in [0.5, 0.6) is 0 Å². The predicted octanol–water partition coefficient (Wildman–Crippen LogP) is 4.44. The topological polar surface area (TPSA) is 67.8 Å². The molecule has 6 heteroatoms. The Balaban J connectivity index is 1.61. The zero-order valence-electron chi connectivity index (χ0n) is 16.0. The molecule has 0 bridgehead atoms.